The van der Waals surface area contributed by atoms with E-state index in [-0.39, 0.29) is 11.1 Å². The van der Waals surface area contributed by atoms with Gasteiger partial charge in [0.25, 0.3) is 0 Å². The molecule has 1 atom stereocenters. The zero-order valence-corrected chi connectivity index (χ0v) is 11.0. The molecular weight excluding hydrogens is 246 g/mol. The zero-order chi connectivity index (χ0) is 11.6. The SMILES string of the molecule is COCCCS(=O)(=O)N1C=CSC1C1CC1. The fourth-order valence-electron chi connectivity index (χ4n) is 1.76. The molecule has 0 radical (unpaired) electrons. The molecule has 2 aliphatic rings. The zero-order valence-electron chi connectivity index (χ0n) is 9.33. The Hall–Kier alpha value is -0.200. The van der Waals surface area contributed by atoms with Crippen LogP contribution in [-0.4, -0.2) is 37.6 Å². The lowest BCUT2D eigenvalue weighted by Crippen LogP contribution is -2.34. The van der Waals surface area contributed by atoms with Gasteiger partial charge in [-0.25, -0.2) is 8.42 Å². The number of hydrogen-bond donors (Lipinski definition) is 0. The smallest absolute Gasteiger partial charge is 0.235 e. The number of rotatable bonds is 6. The summed E-state index contributed by atoms with van der Waals surface area (Å²) in [5.41, 5.74) is 0. The number of nitrogens with zero attached hydrogens (tertiary/aromatic N) is 1. The number of hydrogen-bond acceptors (Lipinski definition) is 4. The average Bonchev–Trinajstić information content (AvgIpc) is 2.96. The molecule has 0 aromatic heterocycles. The molecule has 1 heterocycles. The highest BCUT2D eigenvalue weighted by Crippen LogP contribution is 2.45. The topological polar surface area (TPSA) is 46.6 Å². The van der Waals surface area contributed by atoms with E-state index < -0.39 is 10.0 Å². The molecule has 92 valence electrons. The van der Waals surface area contributed by atoms with Crippen LogP contribution >= 0.6 is 11.8 Å². The van der Waals surface area contributed by atoms with E-state index in [1.54, 1.807) is 29.4 Å². The number of methoxy groups -OCH3 is 1. The third kappa shape index (κ3) is 2.73. The minimum absolute atomic E-state index is 0.118. The summed E-state index contributed by atoms with van der Waals surface area (Å²) < 4.78 is 30.5. The summed E-state index contributed by atoms with van der Waals surface area (Å²) in [5, 5.41) is 2.00. The van der Waals surface area contributed by atoms with E-state index in [0.29, 0.717) is 18.9 Å². The Labute approximate surface area is 101 Å². The molecule has 0 aromatic carbocycles. The fraction of sp³-hybridized carbons (Fsp3) is 0.800. The van der Waals surface area contributed by atoms with Crippen molar-refractivity contribution < 1.29 is 13.2 Å². The van der Waals surface area contributed by atoms with Gasteiger partial charge in [-0.2, -0.15) is 0 Å². The normalized spacial score (nSPS) is 25.3. The molecule has 1 aliphatic heterocycles. The standard InChI is InChI=1S/C10H17NO3S2/c1-14-6-2-8-16(12,13)11-5-7-15-10(11)9-3-4-9/h5,7,9-10H,2-4,6,8H2,1H3. The van der Waals surface area contributed by atoms with Crippen LogP contribution in [0.2, 0.25) is 0 Å². The van der Waals surface area contributed by atoms with Crippen molar-refractivity contribution in [1.82, 2.24) is 4.31 Å². The van der Waals surface area contributed by atoms with Crippen LogP contribution in [0.4, 0.5) is 0 Å². The lowest BCUT2D eigenvalue weighted by molar-refractivity contribution is 0.199. The van der Waals surface area contributed by atoms with E-state index in [2.05, 4.69) is 0 Å². The van der Waals surface area contributed by atoms with Gasteiger partial charge < -0.3 is 4.74 Å². The van der Waals surface area contributed by atoms with Gasteiger partial charge >= 0.3 is 0 Å². The van der Waals surface area contributed by atoms with Crippen LogP contribution in [-0.2, 0) is 14.8 Å². The van der Waals surface area contributed by atoms with Crippen molar-refractivity contribution in [3.05, 3.63) is 11.6 Å². The fourth-order valence-corrected chi connectivity index (χ4v) is 4.86. The van der Waals surface area contributed by atoms with Gasteiger partial charge in [0, 0.05) is 19.9 Å². The molecule has 0 bridgehead atoms. The molecule has 0 amide bonds. The maximum absolute atomic E-state index is 12.1. The summed E-state index contributed by atoms with van der Waals surface area (Å²) in [6, 6.07) is 0. The summed E-state index contributed by atoms with van der Waals surface area (Å²) in [4.78, 5) is 0. The van der Waals surface area contributed by atoms with Gasteiger partial charge in [0.05, 0.1) is 11.1 Å². The van der Waals surface area contributed by atoms with Crippen molar-refractivity contribution in [2.45, 2.75) is 24.6 Å². The molecule has 1 saturated carbocycles. The summed E-state index contributed by atoms with van der Waals surface area (Å²) in [7, 11) is -1.55. The quantitative estimate of drug-likeness (QED) is 0.683. The van der Waals surface area contributed by atoms with Crippen LogP contribution in [0.1, 0.15) is 19.3 Å². The van der Waals surface area contributed by atoms with Gasteiger partial charge in [-0.15, -0.1) is 11.8 Å². The Morgan fingerprint density at radius 2 is 2.25 bits per heavy atom. The van der Waals surface area contributed by atoms with Gasteiger partial charge in [0.2, 0.25) is 10.0 Å². The van der Waals surface area contributed by atoms with Crippen LogP contribution in [0, 0.1) is 5.92 Å². The molecule has 4 nitrogen and oxygen atoms in total. The molecule has 1 aliphatic carbocycles. The first-order valence-electron chi connectivity index (χ1n) is 5.47. The highest BCUT2D eigenvalue weighted by molar-refractivity contribution is 8.03. The Balaban J connectivity index is 1.95. The van der Waals surface area contributed by atoms with Crippen molar-refractivity contribution in [3.8, 4) is 0 Å². The number of ether oxygens (including phenoxy) is 1. The third-order valence-corrected chi connectivity index (χ3v) is 5.87. The van der Waals surface area contributed by atoms with E-state index in [1.807, 2.05) is 5.41 Å². The molecular formula is C10H17NO3S2. The second kappa shape index (κ2) is 4.98. The van der Waals surface area contributed by atoms with Crippen LogP contribution < -0.4 is 0 Å². The van der Waals surface area contributed by atoms with Crippen LogP contribution in [0.25, 0.3) is 0 Å². The second-order valence-electron chi connectivity index (χ2n) is 4.14. The van der Waals surface area contributed by atoms with Crippen molar-refractivity contribution in [3.63, 3.8) is 0 Å². The maximum Gasteiger partial charge on any atom is 0.235 e. The summed E-state index contributed by atoms with van der Waals surface area (Å²) in [6.45, 7) is 0.498. The third-order valence-electron chi connectivity index (χ3n) is 2.77. The van der Waals surface area contributed by atoms with Crippen LogP contribution in [0.5, 0.6) is 0 Å². The second-order valence-corrected chi connectivity index (χ2v) is 7.16. The first-order valence-corrected chi connectivity index (χ1v) is 8.02. The van der Waals surface area contributed by atoms with E-state index in [1.165, 1.54) is 0 Å². The average molecular weight is 263 g/mol. The summed E-state index contributed by atoms with van der Waals surface area (Å²) in [5.74, 6) is 0.729. The molecule has 0 spiro atoms. The Kier molecular flexibility index (Phi) is 3.81. The van der Waals surface area contributed by atoms with E-state index >= 15 is 0 Å². The van der Waals surface area contributed by atoms with E-state index in [0.717, 1.165) is 12.8 Å². The Morgan fingerprint density at radius 1 is 1.50 bits per heavy atom. The van der Waals surface area contributed by atoms with Gasteiger partial charge in [-0.1, -0.05) is 0 Å². The predicted molar refractivity (Wildman–Crippen MR) is 65.4 cm³/mol. The highest BCUT2D eigenvalue weighted by atomic mass is 32.2. The van der Waals surface area contributed by atoms with Gasteiger partial charge in [0.1, 0.15) is 0 Å². The monoisotopic (exact) mass is 263 g/mol. The largest absolute Gasteiger partial charge is 0.385 e. The van der Waals surface area contributed by atoms with Crippen molar-refractivity contribution in [2.24, 2.45) is 5.92 Å². The molecule has 0 N–H and O–H groups in total. The highest BCUT2D eigenvalue weighted by Gasteiger charge is 2.40. The van der Waals surface area contributed by atoms with Crippen LogP contribution in [0.3, 0.4) is 0 Å². The molecule has 6 heteroatoms. The minimum atomic E-state index is -3.14. The Morgan fingerprint density at radius 3 is 2.88 bits per heavy atom. The number of sulfonamides is 1. The lowest BCUT2D eigenvalue weighted by Gasteiger charge is -2.24. The van der Waals surface area contributed by atoms with E-state index in [9.17, 15) is 8.42 Å². The molecule has 1 fully saturated rings. The van der Waals surface area contributed by atoms with Gasteiger partial charge in [-0.05, 0) is 30.6 Å². The lowest BCUT2D eigenvalue weighted by atomic mass is 10.4. The van der Waals surface area contributed by atoms with E-state index in [4.69, 9.17) is 4.74 Å². The van der Waals surface area contributed by atoms with Gasteiger partial charge in [-0.3, -0.25) is 4.31 Å². The van der Waals surface area contributed by atoms with Crippen molar-refractivity contribution >= 4 is 21.8 Å². The summed E-state index contributed by atoms with van der Waals surface area (Å²) in [6.07, 6.45) is 4.58. The van der Waals surface area contributed by atoms with Crippen molar-refractivity contribution in [1.29, 1.82) is 0 Å². The van der Waals surface area contributed by atoms with Crippen molar-refractivity contribution in [2.75, 3.05) is 19.5 Å². The number of thioether (sulfide) groups is 1. The predicted octanol–water partition coefficient (Wildman–Crippen LogP) is 1.61. The molecule has 16 heavy (non-hydrogen) atoms. The molecule has 0 aromatic rings. The summed E-state index contributed by atoms with van der Waals surface area (Å²) >= 11 is 1.62. The molecule has 1 unspecified atom stereocenters. The maximum atomic E-state index is 12.1. The Bertz CT molecular complexity index is 362. The molecule has 0 saturated heterocycles. The first kappa shape index (κ1) is 12.3. The van der Waals surface area contributed by atoms with Gasteiger partial charge in [0.15, 0.2) is 0 Å². The minimum Gasteiger partial charge on any atom is -0.385 e. The molecule has 2 rings (SSSR count). The first-order chi connectivity index (χ1) is 7.65. The van der Waals surface area contributed by atoms with Crippen LogP contribution in [0.15, 0.2) is 11.6 Å².